The lowest BCUT2D eigenvalue weighted by molar-refractivity contribution is -0.139. The lowest BCUT2D eigenvalue weighted by Gasteiger charge is -2.14. The molecule has 0 spiro atoms. The van der Waals surface area contributed by atoms with E-state index in [1.165, 1.54) is 0 Å². The Morgan fingerprint density at radius 1 is 1.37 bits per heavy atom. The molecule has 0 saturated carbocycles. The molecular formula is C13H19N3O3. The quantitative estimate of drug-likeness (QED) is 0.690. The monoisotopic (exact) mass is 265 g/mol. The summed E-state index contributed by atoms with van der Waals surface area (Å²) < 4.78 is 0. The highest BCUT2D eigenvalue weighted by molar-refractivity contribution is 5.82. The first-order chi connectivity index (χ1) is 9.13. The van der Waals surface area contributed by atoms with Crippen molar-refractivity contribution in [3.8, 4) is 0 Å². The van der Waals surface area contributed by atoms with Crippen LogP contribution in [0.15, 0.2) is 24.5 Å². The molecular weight excluding hydrogens is 246 g/mol. The number of carbonyl (C=O) groups is 2. The first-order valence-electron chi connectivity index (χ1n) is 6.29. The molecule has 19 heavy (non-hydrogen) atoms. The molecule has 0 fully saturated rings. The molecule has 1 aromatic heterocycles. The van der Waals surface area contributed by atoms with Gasteiger partial charge in [0.2, 0.25) is 0 Å². The molecule has 0 radical (unpaired) electrons. The second-order valence-electron chi connectivity index (χ2n) is 4.19. The van der Waals surface area contributed by atoms with Crippen molar-refractivity contribution in [1.29, 1.82) is 0 Å². The van der Waals surface area contributed by atoms with Crippen molar-refractivity contribution in [1.82, 2.24) is 15.6 Å². The fraction of sp³-hybridized carbons (Fsp3) is 0.462. The van der Waals surface area contributed by atoms with Crippen molar-refractivity contribution in [2.24, 2.45) is 0 Å². The third-order valence-corrected chi connectivity index (χ3v) is 2.63. The molecule has 1 rings (SSSR count). The highest BCUT2D eigenvalue weighted by Crippen LogP contribution is 1.97. The number of nitrogens with zero attached hydrogens (tertiary/aromatic N) is 1. The molecule has 0 bridgehead atoms. The normalized spacial score (nSPS) is 11.6. The van der Waals surface area contributed by atoms with Crippen molar-refractivity contribution in [3.63, 3.8) is 0 Å². The van der Waals surface area contributed by atoms with E-state index < -0.39 is 18.0 Å². The molecule has 104 valence electrons. The molecule has 2 amide bonds. The van der Waals surface area contributed by atoms with Crippen LogP contribution in [0.3, 0.4) is 0 Å². The summed E-state index contributed by atoms with van der Waals surface area (Å²) >= 11 is 0. The van der Waals surface area contributed by atoms with Gasteiger partial charge in [0.1, 0.15) is 6.04 Å². The van der Waals surface area contributed by atoms with Gasteiger partial charge in [-0.3, -0.25) is 4.98 Å². The van der Waals surface area contributed by atoms with Crippen LogP contribution >= 0.6 is 0 Å². The highest BCUT2D eigenvalue weighted by atomic mass is 16.4. The summed E-state index contributed by atoms with van der Waals surface area (Å²) in [6, 6.07) is 2.47. The largest absolute Gasteiger partial charge is 0.480 e. The number of aliphatic carboxylic acids is 1. The molecule has 1 aromatic rings. The van der Waals surface area contributed by atoms with Crippen LogP contribution in [0, 0.1) is 0 Å². The van der Waals surface area contributed by atoms with E-state index in [-0.39, 0.29) is 0 Å². The molecule has 0 saturated heterocycles. The number of carboxylic acids is 1. The number of amides is 2. The van der Waals surface area contributed by atoms with Gasteiger partial charge in [-0.2, -0.15) is 0 Å². The van der Waals surface area contributed by atoms with E-state index in [9.17, 15) is 9.59 Å². The van der Waals surface area contributed by atoms with Gasteiger partial charge in [0, 0.05) is 18.9 Å². The van der Waals surface area contributed by atoms with Crippen molar-refractivity contribution < 1.29 is 14.7 Å². The topological polar surface area (TPSA) is 91.3 Å². The smallest absolute Gasteiger partial charge is 0.326 e. The summed E-state index contributed by atoms with van der Waals surface area (Å²) in [5, 5.41) is 14.0. The Labute approximate surface area is 112 Å². The summed E-state index contributed by atoms with van der Waals surface area (Å²) in [5.41, 5.74) is 1.07. The maximum atomic E-state index is 11.5. The van der Waals surface area contributed by atoms with Gasteiger partial charge < -0.3 is 15.7 Å². The molecule has 1 unspecified atom stereocenters. The maximum Gasteiger partial charge on any atom is 0.326 e. The Morgan fingerprint density at radius 2 is 2.05 bits per heavy atom. The van der Waals surface area contributed by atoms with Gasteiger partial charge in [-0.1, -0.05) is 13.3 Å². The minimum absolute atomic E-state index is 0.424. The molecule has 0 aliphatic rings. The molecule has 6 nitrogen and oxygen atoms in total. The SMILES string of the molecule is CCCC(NC(=O)NCCc1ccncc1)C(=O)O. The number of carbonyl (C=O) groups excluding carboxylic acids is 1. The van der Waals surface area contributed by atoms with E-state index in [0.29, 0.717) is 25.8 Å². The lowest BCUT2D eigenvalue weighted by Crippen LogP contribution is -2.46. The number of rotatable bonds is 7. The van der Waals surface area contributed by atoms with Gasteiger partial charge >= 0.3 is 12.0 Å². The Hall–Kier alpha value is -2.11. The van der Waals surface area contributed by atoms with E-state index in [2.05, 4.69) is 15.6 Å². The van der Waals surface area contributed by atoms with Crippen molar-refractivity contribution in [2.45, 2.75) is 32.2 Å². The lowest BCUT2D eigenvalue weighted by atomic mass is 10.2. The van der Waals surface area contributed by atoms with E-state index >= 15 is 0 Å². The minimum Gasteiger partial charge on any atom is -0.480 e. The number of hydrogen-bond donors (Lipinski definition) is 3. The Morgan fingerprint density at radius 3 is 2.63 bits per heavy atom. The van der Waals surface area contributed by atoms with Gasteiger partial charge in [-0.05, 0) is 30.5 Å². The molecule has 3 N–H and O–H groups in total. The van der Waals surface area contributed by atoms with Crippen LogP contribution in [0.2, 0.25) is 0 Å². The third-order valence-electron chi connectivity index (χ3n) is 2.63. The maximum absolute atomic E-state index is 11.5. The minimum atomic E-state index is -1.01. The van der Waals surface area contributed by atoms with Gasteiger partial charge in [-0.15, -0.1) is 0 Å². The highest BCUT2D eigenvalue weighted by Gasteiger charge is 2.18. The number of aromatic nitrogens is 1. The predicted octanol–water partition coefficient (Wildman–Crippen LogP) is 1.18. The molecule has 1 atom stereocenters. The summed E-state index contributed by atoms with van der Waals surface area (Å²) in [4.78, 5) is 26.3. The van der Waals surface area contributed by atoms with Crippen molar-refractivity contribution >= 4 is 12.0 Å². The molecule has 1 heterocycles. The van der Waals surface area contributed by atoms with E-state index in [4.69, 9.17) is 5.11 Å². The summed E-state index contributed by atoms with van der Waals surface area (Å²) in [5.74, 6) is -1.01. The standard InChI is InChI=1S/C13H19N3O3/c1-2-3-11(12(17)18)16-13(19)15-9-6-10-4-7-14-8-5-10/h4-5,7-8,11H,2-3,6,9H2,1H3,(H,17,18)(H2,15,16,19). The predicted molar refractivity (Wildman–Crippen MR) is 70.8 cm³/mol. The van der Waals surface area contributed by atoms with E-state index in [0.717, 1.165) is 5.56 Å². The van der Waals surface area contributed by atoms with Crippen LogP contribution in [-0.4, -0.2) is 34.7 Å². The fourth-order valence-electron chi connectivity index (χ4n) is 1.63. The first-order valence-corrected chi connectivity index (χ1v) is 6.29. The van der Waals surface area contributed by atoms with E-state index in [1.54, 1.807) is 12.4 Å². The number of hydrogen-bond acceptors (Lipinski definition) is 3. The van der Waals surface area contributed by atoms with Crippen LogP contribution in [-0.2, 0) is 11.2 Å². The van der Waals surface area contributed by atoms with E-state index in [1.807, 2.05) is 19.1 Å². The second kappa shape index (κ2) is 8.07. The van der Waals surface area contributed by atoms with Gasteiger partial charge in [0.25, 0.3) is 0 Å². The number of carboxylic acid groups (broad SMARTS) is 1. The van der Waals surface area contributed by atoms with Gasteiger partial charge in [0.05, 0.1) is 0 Å². The zero-order valence-electron chi connectivity index (χ0n) is 10.9. The molecule has 6 heteroatoms. The van der Waals surface area contributed by atoms with Gasteiger partial charge in [0.15, 0.2) is 0 Å². The van der Waals surface area contributed by atoms with Crippen molar-refractivity contribution in [3.05, 3.63) is 30.1 Å². The molecule has 0 aromatic carbocycles. The first kappa shape index (κ1) is 14.9. The number of pyridine rings is 1. The Bertz CT molecular complexity index is 409. The zero-order valence-corrected chi connectivity index (χ0v) is 10.9. The van der Waals surface area contributed by atoms with Crippen LogP contribution < -0.4 is 10.6 Å². The van der Waals surface area contributed by atoms with Gasteiger partial charge in [-0.25, -0.2) is 9.59 Å². The second-order valence-corrected chi connectivity index (χ2v) is 4.19. The summed E-state index contributed by atoms with van der Waals surface area (Å²) in [7, 11) is 0. The average molecular weight is 265 g/mol. The van der Waals surface area contributed by atoms with Crippen LogP contribution in [0.5, 0.6) is 0 Å². The van der Waals surface area contributed by atoms with Crippen molar-refractivity contribution in [2.75, 3.05) is 6.54 Å². The fourth-order valence-corrected chi connectivity index (χ4v) is 1.63. The summed E-state index contributed by atoms with van der Waals surface area (Å²) in [6.45, 7) is 2.33. The zero-order chi connectivity index (χ0) is 14.1. The number of nitrogens with one attached hydrogen (secondary N) is 2. The number of urea groups is 1. The Kier molecular flexibility index (Phi) is 6.35. The summed E-state index contributed by atoms with van der Waals surface area (Å²) in [6.07, 6.45) is 5.19. The average Bonchev–Trinajstić information content (AvgIpc) is 2.39. The van der Waals surface area contributed by atoms with Crippen LogP contribution in [0.4, 0.5) is 4.79 Å². The van der Waals surface area contributed by atoms with Crippen LogP contribution in [0.25, 0.3) is 0 Å². The van der Waals surface area contributed by atoms with Crippen LogP contribution in [0.1, 0.15) is 25.3 Å². The molecule has 0 aliphatic heterocycles. The Balaban J connectivity index is 2.29. The molecule has 0 aliphatic carbocycles. The third kappa shape index (κ3) is 5.85.